The average Bonchev–Trinajstić information content (AvgIpc) is 2.85. The monoisotopic (exact) mass is 355 g/mol. The molecule has 0 radical (unpaired) electrons. The van der Waals surface area contributed by atoms with Gasteiger partial charge in [0.25, 0.3) is 0 Å². The van der Waals surface area contributed by atoms with Crippen LogP contribution in [0.5, 0.6) is 0 Å². The predicted molar refractivity (Wildman–Crippen MR) is 106 cm³/mol. The number of alkyl halides is 1. The van der Waals surface area contributed by atoms with Crippen molar-refractivity contribution in [3.63, 3.8) is 0 Å². The molecule has 25 heavy (non-hydrogen) atoms. The number of fused-ring (bicyclic) bond motifs is 1. The Hall–Kier alpha value is -1.87. The Morgan fingerprint density at radius 2 is 1.72 bits per heavy atom. The third-order valence-corrected chi connectivity index (χ3v) is 4.46. The summed E-state index contributed by atoms with van der Waals surface area (Å²) in [5.74, 6) is 1.71. The summed E-state index contributed by atoms with van der Waals surface area (Å²) in [6, 6.07) is 10.7. The number of aryl methyl sites for hydroxylation is 3. The van der Waals surface area contributed by atoms with Gasteiger partial charge in [0.1, 0.15) is 11.3 Å². The molecule has 0 atom stereocenters. The highest BCUT2D eigenvalue weighted by molar-refractivity contribution is 6.17. The van der Waals surface area contributed by atoms with Crippen LogP contribution in [0, 0.1) is 19.3 Å². The van der Waals surface area contributed by atoms with E-state index >= 15 is 0 Å². The van der Waals surface area contributed by atoms with Crippen LogP contribution in [0.15, 0.2) is 30.3 Å². The van der Waals surface area contributed by atoms with Crippen molar-refractivity contribution in [2.24, 2.45) is 5.41 Å². The van der Waals surface area contributed by atoms with E-state index in [0.29, 0.717) is 5.88 Å². The first-order valence-corrected chi connectivity index (χ1v) is 9.33. The fourth-order valence-electron chi connectivity index (χ4n) is 3.19. The van der Waals surface area contributed by atoms with Crippen LogP contribution in [0.3, 0.4) is 0 Å². The highest BCUT2D eigenvalue weighted by atomic mass is 35.5. The van der Waals surface area contributed by atoms with E-state index in [-0.39, 0.29) is 5.41 Å². The Kier molecular flexibility index (Phi) is 4.88. The molecule has 0 N–H and O–H groups in total. The van der Waals surface area contributed by atoms with Crippen molar-refractivity contribution >= 4 is 22.8 Å². The molecule has 3 aromatic rings. The minimum Gasteiger partial charge on any atom is -0.281 e. The molecule has 0 aliphatic rings. The van der Waals surface area contributed by atoms with E-state index in [0.717, 1.165) is 41.2 Å². The lowest BCUT2D eigenvalue weighted by Gasteiger charge is -2.18. The van der Waals surface area contributed by atoms with Crippen LogP contribution in [0.2, 0.25) is 0 Å². The Labute approximate surface area is 155 Å². The highest BCUT2D eigenvalue weighted by Crippen LogP contribution is 2.28. The molecule has 0 saturated heterocycles. The van der Waals surface area contributed by atoms with E-state index in [4.69, 9.17) is 21.6 Å². The maximum Gasteiger partial charge on any atom is 0.165 e. The van der Waals surface area contributed by atoms with Crippen LogP contribution in [0.1, 0.15) is 43.4 Å². The van der Waals surface area contributed by atoms with Crippen molar-refractivity contribution in [2.45, 2.75) is 47.5 Å². The van der Waals surface area contributed by atoms with E-state index in [1.54, 1.807) is 0 Å². The van der Waals surface area contributed by atoms with Gasteiger partial charge in [0, 0.05) is 23.7 Å². The lowest BCUT2D eigenvalue weighted by atomic mass is 9.92. The van der Waals surface area contributed by atoms with Gasteiger partial charge < -0.3 is 0 Å². The van der Waals surface area contributed by atoms with E-state index in [2.05, 4.69) is 62.6 Å². The largest absolute Gasteiger partial charge is 0.281 e. The smallest absolute Gasteiger partial charge is 0.165 e. The van der Waals surface area contributed by atoms with Crippen molar-refractivity contribution in [3.05, 3.63) is 53.0 Å². The molecule has 1 aromatic carbocycles. The van der Waals surface area contributed by atoms with Crippen LogP contribution < -0.4 is 0 Å². The molecule has 0 spiro atoms. The lowest BCUT2D eigenvalue weighted by molar-refractivity contribution is 0.399. The summed E-state index contributed by atoms with van der Waals surface area (Å²) in [7, 11) is 0. The minimum absolute atomic E-state index is 0.153. The van der Waals surface area contributed by atoms with E-state index in [9.17, 15) is 0 Å². The molecule has 0 unspecified atom stereocenters. The zero-order valence-electron chi connectivity index (χ0n) is 15.7. The van der Waals surface area contributed by atoms with Gasteiger partial charge in [-0.3, -0.25) is 4.57 Å². The molecule has 4 heteroatoms. The summed E-state index contributed by atoms with van der Waals surface area (Å²) >= 11 is 5.86. The van der Waals surface area contributed by atoms with Gasteiger partial charge in [-0.15, -0.1) is 11.6 Å². The number of imidazole rings is 1. The molecular formula is C21H26ClN3. The number of hydrogen-bond donors (Lipinski definition) is 0. The number of aromatic nitrogens is 3. The average molecular weight is 356 g/mol. The number of halogens is 1. The first-order chi connectivity index (χ1) is 11.8. The minimum atomic E-state index is 0.153. The fourth-order valence-corrected chi connectivity index (χ4v) is 3.41. The second kappa shape index (κ2) is 6.80. The first-order valence-electron chi connectivity index (χ1n) is 8.79. The Morgan fingerprint density at radius 3 is 2.32 bits per heavy atom. The molecule has 0 aliphatic heterocycles. The molecule has 0 saturated carbocycles. The summed E-state index contributed by atoms with van der Waals surface area (Å²) in [5.41, 5.74) is 6.65. The Morgan fingerprint density at radius 1 is 1.04 bits per heavy atom. The Bertz CT molecular complexity index is 886. The summed E-state index contributed by atoms with van der Waals surface area (Å²) in [5, 5.41) is 0. The third-order valence-electron chi connectivity index (χ3n) is 4.27. The topological polar surface area (TPSA) is 30.7 Å². The van der Waals surface area contributed by atoms with Crippen LogP contribution in [-0.4, -0.2) is 20.4 Å². The number of rotatable bonds is 4. The molecule has 2 aromatic heterocycles. The van der Waals surface area contributed by atoms with Crippen LogP contribution in [0.25, 0.3) is 16.9 Å². The predicted octanol–water partition coefficient (Wildman–Crippen LogP) is 5.41. The normalized spacial score (nSPS) is 12.1. The number of benzene rings is 1. The summed E-state index contributed by atoms with van der Waals surface area (Å²) in [6.45, 7) is 10.9. The lowest BCUT2D eigenvalue weighted by Crippen LogP contribution is -2.14. The van der Waals surface area contributed by atoms with Crippen LogP contribution in [0.4, 0.5) is 0 Å². The zero-order valence-corrected chi connectivity index (χ0v) is 16.5. The van der Waals surface area contributed by atoms with Crippen molar-refractivity contribution < 1.29 is 0 Å². The molecule has 0 amide bonds. The van der Waals surface area contributed by atoms with Gasteiger partial charge in [0.15, 0.2) is 5.65 Å². The van der Waals surface area contributed by atoms with E-state index < -0.39 is 0 Å². The quantitative estimate of drug-likeness (QED) is 0.586. The van der Waals surface area contributed by atoms with Gasteiger partial charge in [0.2, 0.25) is 0 Å². The fraction of sp³-hybridized carbons (Fsp3) is 0.429. The Balaban J connectivity index is 2.21. The third kappa shape index (κ3) is 3.87. The van der Waals surface area contributed by atoms with Gasteiger partial charge in [0.05, 0.1) is 0 Å². The van der Waals surface area contributed by atoms with Crippen molar-refractivity contribution in [1.82, 2.24) is 14.5 Å². The van der Waals surface area contributed by atoms with Crippen LogP contribution >= 0.6 is 11.6 Å². The number of hydrogen-bond acceptors (Lipinski definition) is 2. The van der Waals surface area contributed by atoms with Gasteiger partial charge in [-0.05, 0) is 55.0 Å². The van der Waals surface area contributed by atoms with Gasteiger partial charge in [-0.2, -0.15) is 0 Å². The van der Waals surface area contributed by atoms with Crippen molar-refractivity contribution in [3.8, 4) is 5.69 Å². The van der Waals surface area contributed by atoms with Crippen LogP contribution in [-0.2, 0) is 12.8 Å². The summed E-state index contributed by atoms with van der Waals surface area (Å²) < 4.78 is 2.21. The molecule has 0 bridgehead atoms. The number of pyridine rings is 1. The van der Waals surface area contributed by atoms with Crippen molar-refractivity contribution in [2.75, 3.05) is 5.88 Å². The molecule has 3 nitrogen and oxygen atoms in total. The second-order valence-electron chi connectivity index (χ2n) is 7.96. The first kappa shape index (κ1) is 17.9. The highest BCUT2D eigenvalue weighted by Gasteiger charge is 2.21. The van der Waals surface area contributed by atoms with Gasteiger partial charge in [-0.25, -0.2) is 9.97 Å². The van der Waals surface area contributed by atoms with Gasteiger partial charge >= 0.3 is 0 Å². The number of nitrogens with zero attached hydrogens (tertiary/aromatic N) is 3. The molecular weight excluding hydrogens is 330 g/mol. The standard InChI is InChI=1S/C21H26ClN3/c1-14-12-15(2)23-20-19(14)24-18(13-21(3,4)5)25(20)17-8-6-16(7-9-17)10-11-22/h6-9,12H,10-11,13H2,1-5H3. The maximum atomic E-state index is 5.86. The van der Waals surface area contributed by atoms with E-state index in [1.807, 2.05) is 6.92 Å². The van der Waals surface area contributed by atoms with Crippen molar-refractivity contribution in [1.29, 1.82) is 0 Å². The summed E-state index contributed by atoms with van der Waals surface area (Å²) in [4.78, 5) is 9.75. The molecule has 0 fully saturated rings. The molecule has 2 heterocycles. The second-order valence-corrected chi connectivity index (χ2v) is 8.34. The molecule has 132 valence electrons. The summed E-state index contributed by atoms with van der Waals surface area (Å²) in [6.07, 6.45) is 1.78. The zero-order chi connectivity index (χ0) is 18.2. The van der Waals surface area contributed by atoms with E-state index in [1.165, 1.54) is 11.1 Å². The SMILES string of the molecule is Cc1cc(C)c2nc(CC(C)(C)C)n(-c3ccc(CCCl)cc3)c2n1. The maximum absolute atomic E-state index is 5.86. The molecule has 0 aliphatic carbocycles. The molecule has 3 rings (SSSR count). The van der Waals surface area contributed by atoms with Gasteiger partial charge in [-0.1, -0.05) is 32.9 Å².